The molecule has 0 bridgehead atoms. The van der Waals surface area contributed by atoms with E-state index in [-0.39, 0.29) is 5.41 Å². The molecule has 0 unspecified atom stereocenters. The van der Waals surface area contributed by atoms with Gasteiger partial charge < -0.3 is 0 Å². The molecular weight excluding hydrogens is 296 g/mol. The highest BCUT2D eigenvalue weighted by molar-refractivity contribution is 7.12. The predicted octanol–water partition coefficient (Wildman–Crippen LogP) is 3.50. The summed E-state index contributed by atoms with van der Waals surface area (Å²) in [4.78, 5) is 15.8. The van der Waals surface area contributed by atoms with E-state index in [4.69, 9.17) is 0 Å². The van der Waals surface area contributed by atoms with Gasteiger partial charge in [0.1, 0.15) is 5.69 Å². The van der Waals surface area contributed by atoms with Gasteiger partial charge in [0.25, 0.3) is 0 Å². The molecule has 112 valence electrons. The van der Waals surface area contributed by atoms with Crippen LogP contribution in [0.1, 0.15) is 37.0 Å². The van der Waals surface area contributed by atoms with E-state index in [1.54, 1.807) is 4.68 Å². The van der Waals surface area contributed by atoms with E-state index in [9.17, 15) is 4.79 Å². The Morgan fingerprint density at radius 3 is 2.55 bits per heavy atom. The van der Waals surface area contributed by atoms with E-state index in [1.807, 2.05) is 56.5 Å². The molecule has 0 radical (unpaired) electrons. The summed E-state index contributed by atoms with van der Waals surface area (Å²) in [6.45, 7) is 6.09. The minimum atomic E-state index is -0.252. The van der Waals surface area contributed by atoms with Crippen LogP contribution < -0.4 is 0 Å². The van der Waals surface area contributed by atoms with Crippen LogP contribution in [0.3, 0.4) is 0 Å². The maximum Gasteiger partial charge on any atom is 0.212 e. The molecular formula is C16H16N4OS. The standard InChI is InChI=1S/C16H16N4OS/c1-16(2,3)14-12(9-21)18-19-20(14)15-17-13(10-22-15)11-7-5-4-6-8-11/h4-10H,1-3H3. The third-order valence-corrected chi connectivity index (χ3v) is 4.08. The number of benzene rings is 1. The number of aromatic nitrogens is 4. The number of carbonyl (C=O) groups is 1. The van der Waals surface area contributed by atoms with Crippen molar-refractivity contribution in [2.24, 2.45) is 0 Å². The first-order valence-electron chi connectivity index (χ1n) is 6.93. The Balaban J connectivity index is 2.08. The molecule has 0 amide bonds. The molecule has 0 aliphatic rings. The van der Waals surface area contributed by atoms with Gasteiger partial charge in [0.05, 0.1) is 11.4 Å². The molecule has 0 N–H and O–H groups in total. The lowest BCUT2D eigenvalue weighted by molar-refractivity contribution is 0.111. The lowest BCUT2D eigenvalue weighted by Gasteiger charge is -2.18. The van der Waals surface area contributed by atoms with Crippen molar-refractivity contribution in [3.8, 4) is 16.4 Å². The molecule has 5 nitrogen and oxygen atoms in total. The van der Waals surface area contributed by atoms with Crippen molar-refractivity contribution in [3.63, 3.8) is 0 Å². The van der Waals surface area contributed by atoms with Crippen LogP contribution in [-0.2, 0) is 5.41 Å². The van der Waals surface area contributed by atoms with Crippen LogP contribution in [0.25, 0.3) is 16.4 Å². The lowest BCUT2D eigenvalue weighted by atomic mass is 9.90. The highest BCUT2D eigenvalue weighted by Gasteiger charge is 2.27. The molecule has 0 fully saturated rings. The normalized spacial score (nSPS) is 11.6. The van der Waals surface area contributed by atoms with Crippen molar-refractivity contribution in [1.82, 2.24) is 20.0 Å². The van der Waals surface area contributed by atoms with Crippen molar-refractivity contribution >= 4 is 17.6 Å². The van der Waals surface area contributed by atoms with Crippen molar-refractivity contribution in [2.45, 2.75) is 26.2 Å². The molecule has 3 rings (SSSR count). The van der Waals surface area contributed by atoms with Crippen molar-refractivity contribution in [2.75, 3.05) is 0 Å². The first-order valence-corrected chi connectivity index (χ1v) is 7.81. The third-order valence-electron chi connectivity index (χ3n) is 3.26. The molecule has 1 aromatic carbocycles. The Kier molecular flexibility index (Phi) is 3.62. The Hall–Kier alpha value is -2.34. The largest absolute Gasteiger partial charge is 0.296 e. The molecule has 0 saturated heterocycles. The van der Waals surface area contributed by atoms with Crippen molar-refractivity contribution in [1.29, 1.82) is 0 Å². The van der Waals surface area contributed by atoms with Crippen LogP contribution in [0, 0.1) is 0 Å². The molecule has 0 saturated carbocycles. The van der Waals surface area contributed by atoms with E-state index in [1.165, 1.54) is 11.3 Å². The quantitative estimate of drug-likeness (QED) is 0.694. The Bertz CT molecular complexity index is 799. The zero-order valence-electron chi connectivity index (χ0n) is 12.6. The van der Waals surface area contributed by atoms with E-state index >= 15 is 0 Å². The molecule has 3 aromatic rings. The predicted molar refractivity (Wildman–Crippen MR) is 86.6 cm³/mol. The number of rotatable bonds is 3. The van der Waals surface area contributed by atoms with Gasteiger partial charge in [-0.05, 0) is 0 Å². The van der Waals surface area contributed by atoms with Gasteiger partial charge >= 0.3 is 0 Å². The van der Waals surface area contributed by atoms with Crippen LogP contribution >= 0.6 is 11.3 Å². The second-order valence-corrected chi connectivity index (χ2v) is 6.82. The van der Waals surface area contributed by atoms with Gasteiger partial charge in [-0.15, -0.1) is 16.4 Å². The fraction of sp³-hybridized carbons (Fsp3) is 0.250. The number of hydrogen-bond acceptors (Lipinski definition) is 5. The average molecular weight is 312 g/mol. The third kappa shape index (κ3) is 2.57. The fourth-order valence-corrected chi connectivity index (χ4v) is 3.10. The zero-order chi connectivity index (χ0) is 15.7. The number of hydrogen-bond donors (Lipinski definition) is 0. The van der Waals surface area contributed by atoms with E-state index < -0.39 is 0 Å². The van der Waals surface area contributed by atoms with E-state index in [0.717, 1.165) is 23.2 Å². The van der Waals surface area contributed by atoms with Crippen LogP contribution in [0.5, 0.6) is 0 Å². The molecule has 2 aromatic heterocycles. The molecule has 6 heteroatoms. The lowest BCUT2D eigenvalue weighted by Crippen LogP contribution is -2.19. The SMILES string of the molecule is CC(C)(C)c1c(C=O)nnn1-c1nc(-c2ccccc2)cs1. The molecule has 0 spiro atoms. The summed E-state index contributed by atoms with van der Waals surface area (Å²) < 4.78 is 1.67. The van der Waals surface area contributed by atoms with Gasteiger partial charge in [0, 0.05) is 16.4 Å². The summed E-state index contributed by atoms with van der Waals surface area (Å²) in [7, 11) is 0. The summed E-state index contributed by atoms with van der Waals surface area (Å²) in [6, 6.07) is 9.97. The molecule has 22 heavy (non-hydrogen) atoms. The molecule has 2 heterocycles. The van der Waals surface area contributed by atoms with Crippen LogP contribution in [0.4, 0.5) is 0 Å². The van der Waals surface area contributed by atoms with Crippen molar-refractivity contribution in [3.05, 3.63) is 47.1 Å². The highest BCUT2D eigenvalue weighted by atomic mass is 32.1. The van der Waals surface area contributed by atoms with Gasteiger partial charge in [-0.25, -0.2) is 4.98 Å². The van der Waals surface area contributed by atoms with Crippen molar-refractivity contribution < 1.29 is 4.79 Å². The van der Waals surface area contributed by atoms with Gasteiger partial charge in [0.2, 0.25) is 5.13 Å². The summed E-state index contributed by atoms with van der Waals surface area (Å²) >= 11 is 1.48. The van der Waals surface area contributed by atoms with Crippen LogP contribution in [-0.4, -0.2) is 26.3 Å². The molecule has 0 aliphatic carbocycles. The molecule has 0 atom stereocenters. The minimum Gasteiger partial charge on any atom is -0.296 e. The zero-order valence-corrected chi connectivity index (χ0v) is 13.5. The maximum absolute atomic E-state index is 11.2. The smallest absolute Gasteiger partial charge is 0.212 e. The fourth-order valence-electron chi connectivity index (χ4n) is 2.31. The second-order valence-electron chi connectivity index (χ2n) is 5.98. The maximum atomic E-state index is 11.2. The molecule has 0 aliphatic heterocycles. The summed E-state index contributed by atoms with van der Waals surface area (Å²) in [5.41, 5.74) is 2.83. The summed E-state index contributed by atoms with van der Waals surface area (Å²) in [5.74, 6) is 0. The Morgan fingerprint density at radius 1 is 1.18 bits per heavy atom. The number of thiazole rings is 1. The topological polar surface area (TPSA) is 60.7 Å². The number of aldehydes is 1. The monoisotopic (exact) mass is 312 g/mol. The summed E-state index contributed by atoms with van der Waals surface area (Å²) in [5, 5.41) is 10.8. The second kappa shape index (κ2) is 5.46. The minimum absolute atomic E-state index is 0.252. The van der Waals surface area contributed by atoms with Gasteiger partial charge in [-0.1, -0.05) is 56.3 Å². The van der Waals surface area contributed by atoms with Gasteiger partial charge in [-0.3, -0.25) is 4.79 Å². The van der Waals surface area contributed by atoms with E-state index in [2.05, 4.69) is 15.3 Å². The number of nitrogens with zero attached hydrogens (tertiary/aromatic N) is 4. The Labute approximate surface area is 132 Å². The number of carbonyl (C=O) groups excluding carboxylic acids is 1. The average Bonchev–Trinajstić information content (AvgIpc) is 3.14. The van der Waals surface area contributed by atoms with Gasteiger partial charge in [-0.2, -0.15) is 4.68 Å². The highest BCUT2D eigenvalue weighted by Crippen LogP contribution is 2.29. The Morgan fingerprint density at radius 2 is 1.91 bits per heavy atom. The first-order chi connectivity index (χ1) is 10.5. The van der Waals surface area contributed by atoms with Gasteiger partial charge in [0.15, 0.2) is 6.29 Å². The van der Waals surface area contributed by atoms with E-state index in [0.29, 0.717) is 10.8 Å². The van der Waals surface area contributed by atoms with Crippen LogP contribution in [0.2, 0.25) is 0 Å². The first kappa shape index (κ1) is 14.6. The summed E-state index contributed by atoms with van der Waals surface area (Å²) in [6.07, 6.45) is 0.746. The van der Waals surface area contributed by atoms with Crippen LogP contribution in [0.15, 0.2) is 35.7 Å².